The molecule has 18 heavy (non-hydrogen) atoms. The van der Waals surface area contributed by atoms with E-state index in [2.05, 4.69) is 50.4 Å². The van der Waals surface area contributed by atoms with E-state index in [1.54, 1.807) is 11.8 Å². The third kappa shape index (κ3) is 3.32. The van der Waals surface area contributed by atoms with Gasteiger partial charge >= 0.3 is 0 Å². The van der Waals surface area contributed by atoms with Gasteiger partial charge in [-0.2, -0.15) is 4.37 Å². The first-order valence-electron chi connectivity index (χ1n) is 5.65. The Bertz CT molecular complexity index is 540. The van der Waals surface area contributed by atoms with E-state index in [-0.39, 0.29) is 6.04 Å². The van der Waals surface area contributed by atoms with Gasteiger partial charge in [0.25, 0.3) is 0 Å². The largest absolute Gasteiger partial charge is 0.324 e. The smallest absolute Gasteiger partial charge is 0.174 e. The lowest BCUT2D eigenvalue weighted by molar-refractivity contribution is 0.811. The predicted molar refractivity (Wildman–Crippen MR) is 80.2 cm³/mol. The minimum Gasteiger partial charge on any atom is -0.324 e. The number of hydrogen-bond acceptors (Lipinski definition) is 5. The summed E-state index contributed by atoms with van der Waals surface area (Å²) in [6, 6.07) is 6.24. The van der Waals surface area contributed by atoms with Gasteiger partial charge in [0.1, 0.15) is 5.82 Å². The summed E-state index contributed by atoms with van der Waals surface area (Å²) in [6.45, 7) is 4.04. The van der Waals surface area contributed by atoms with Crippen LogP contribution in [0.25, 0.3) is 0 Å². The number of aromatic nitrogens is 2. The molecule has 2 aromatic rings. The maximum Gasteiger partial charge on any atom is 0.174 e. The van der Waals surface area contributed by atoms with E-state index in [4.69, 9.17) is 5.73 Å². The van der Waals surface area contributed by atoms with Crippen LogP contribution in [0.2, 0.25) is 0 Å². The SMILES string of the molecule is CCc1nsc(Sc2ccc(C(C)N)c(Br)c2)n1. The Balaban J connectivity index is 2.17. The molecule has 0 spiro atoms. The fourth-order valence-electron chi connectivity index (χ4n) is 1.46. The minimum absolute atomic E-state index is 0.0339. The average molecular weight is 344 g/mol. The van der Waals surface area contributed by atoms with Gasteiger partial charge in [0, 0.05) is 21.8 Å². The normalized spacial score (nSPS) is 12.7. The highest BCUT2D eigenvalue weighted by Crippen LogP contribution is 2.33. The van der Waals surface area contributed by atoms with E-state index in [0.29, 0.717) is 0 Å². The molecule has 1 heterocycles. The molecular weight excluding hydrogens is 330 g/mol. The first-order valence-corrected chi connectivity index (χ1v) is 8.04. The van der Waals surface area contributed by atoms with Crippen molar-refractivity contribution in [1.29, 1.82) is 0 Å². The fourth-order valence-corrected chi connectivity index (χ4v) is 4.07. The van der Waals surface area contributed by atoms with Crippen LogP contribution in [0, 0.1) is 0 Å². The summed E-state index contributed by atoms with van der Waals surface area (Å²) >= 11 is 6.63. The van der Waals surface area contributed by atoms with Crippen LogP contribution in [0.3, 0.4) is 0 Å². The van der Waals surface area contributed by atoms with E-state index in [1.807, 2.05) is 6.92 Å². The molecular formula is C12H14BrN3S2. The summed E-state index contributed by atoms with van der Waals surface area (Å²) in [5, 5.41) is 0. The number of aryl methyl sites for hydroxylation is 1. The van der Waals surface area contributed by atoms with Gasteiger partial charge < -0.3 is 5.73 Å². The Morgan fingerprint density at radius 3 is 2.83 bits per heavy atom. The summed E-state index contributed by atoms with van der Waals surface area (Å²) in [7, 11) is 0. The molecule has 2 N–H and O–H groups in total. The van der Waals surface area contributed by atoms with Crippen LogP contribution in [0.5, 0.6) is 0 Å². The number of hydrogen-bond donors (Lipinski definition) is 1. The number of nitrogens with zero attached hydrogens (tertiary/aromatic N) is 2. The molecule has 0 aliphatic carbocycles. The summed E-state index contributed by atoms with van der Waals surface area (Å²) in [5.74, 6) is 0.911. The lowest BCUT2D eigenvalue weighted by Crippen LogP contribution is -2.05. The van der Waals surface area contributed by atoms with E-state index < -0.39 is 0 Å². The second-order valence-corrected chi connectivity index (χ2v) is 6.83. The standard InChI is InChI=1S/C12H14BrN3S2/c1-3-11-15-12(18-16-11)17-8-4-5-9(7(2)14)10(13)6-8/h4-7H,3,14H2,1-2H3. The molecule has 96 valence electrons. The monoisotopic (exact) mass is 343 g/mol. The van der Waals surface area contributed by atoms with Gasteiger partial charge in [0.2, 0.25) is 0 Å². The third-order valence-corrected chi connectivity index (χ3v) is 4.90. The van der Waals surface area contributed by atoms with Crippen molar-refractivity contribution in [1.82, 2.24) is 9.36 Å². The zero-order chi connectivity index (χ0) is 13.1. The summed E-state index contributed by atoms with van der Waals surface area (Å²) in [5.41, 5.74) is 7.00. The molecule has 0 saturated heterocycles. The Morgan fingerprint density at radius 1 is 1.50 bits per heavy atom. The van der Waals surface area contributed by atoms with Crippen LogP contribution >= 0.6 is 39.2 Å². The minimum atomic E-state index is 0.0339. The maximum atomic E-state index is 5.88. The maximum absolute atomic E-state index is 5.88. The zero-order valence-corrected chi connectivity index (χ0v) is 13.4. The average Bonchev–Trinajstić information content (AvgIpc) is 2.76. The Hall–Kier alpha value is -0.430. The molecule has 0 aliphatic heterocycles. The predicted octanol–water partition coefficient (Wildman–Crippen LogP) is 4.03. The van der Waals surface area contributed by atoms with Crippen molar-refractivity contribution >= 4 is 39.2 Å². The van der Waals surface area contributed by atoms with Gasteiger partial charge in [-0.3, -0.25) is 0 Å². The Labute approximate surface area is 123 Å². The second kappa shape index (κ2) is 6.14. The highest BCUT2D eigenvalue weighted by molar-refractivity contribution is 9.10. The molecule has 1 unspecified atom stereocenters. The van der Waals surface area contributed by atoms with Crippen LogP contribution in [0.15, 0.2) is 31.9 Å². The fraction of sp³-hybridized carbons (Fsp3) is 0.333. The van der Waals surface area contributed by atoms with Crippen molar-refractivity contribution in [3.05, 3.63) is 34.1 Å². The van der Waals surface area contributed by atoms with Crippen molar-refractivity contribution in [2.75, 3.05) is 0 Å². The summed E-state index contributed by atoms with van der Waals surface area (Å²) in [4.78, 5) is 5.59. The van der Waals surface area contributed by atoms with Gasteiger partial charge in [-0.15, -0.1) is 0 Å². The first kappa shape index (κ1) is 14.0. The van der Waals surface area contributed by atoms with Crippen LogP contribution < -0.4 is 5.73 Å². The van der Waals surface area contributed by atoms with Gasteiger partial charge in [-0.25, -0.2) is 4.98 Å². The number of halogens is 1. The van der Waals surface area contributed by atoms with Gasteiger partial charge in [0.05, 0.1) is 0 Å². The van der Waals surface area contributed by atoms with Crippen molar-refractivity contribution in [2.24, 2.45) is 5.73 Å². The number of nitrogens with two attached hydrogens (primary N) is 1. The van der Waals surface area contributed by atoms with Crippen LogP contribution in [-0.4, -0.2) is 9.36 Å². The molecule has 0 radical (unpaired) electrons. The third-order valence-electron chi connectivity index (χ3n) is 2.43. The zero-order valence-electron chi connectivity index (χ0n) is 10.2. The quantitative estimate of drug-likeness (QED) is 0.910. The molecule has 1 aromatic heterocycles. The lowest BCUT2D eigenvalue weighted by atomic mass is 10.1. The Kier molecular flexibility index (Phi) is 4.77. The lowest BCUT2D eigenvalue weighted by Gasteiger charge is -2.09. The second-order valence-electron chi connectivity index (χ2n) is 3.90. The molecule has 0 amide bonds. The van der Waals surface area contributed by atoms with Crippen LogP contribution in [0.1, 0.15) is 31.3 Å². The van der Waals surface area contributed by atoms with Crippen molar-refractivity contribution in [3.63, 3.8) is 0 Å². The highest BCUT2D eigenvalue weighted by atomic mass is 79.9. The topological polar surface area (TPSA) is 51.8 Å². The van der Waals surface area contributed by atoms with E-state index in [9.17, 15) is 0 Å². The summed E-state index contributed by atoms with van der Waals surface area (Å²) in [6.07, 6.45) is 0.879. The van der Waals surface area contributed by atoms with Crippen molar-refractivity contribution < 1.29 is 0 Å². The molecule has 0 bridgehead atoms. The molecule has 0 fully saturated rings. The first-order chi connectivity index (χ1) is 8.60. The van der Waals surface area contributed by atoms with E-state index in [1.165, 1.54) is 11.5 Å². The Morgan fingerprint density at radius 2 is 2.28 bits per heavy atom. The van der Waals surface area contributed by atoms with E-state index in [0.717, 1.165) is 31.5 Å². The highest BCUT2D eigenvalue weighted by Gasteiger charge is 2.08. The van der Waals surface area contributed by atoms with Gasteiger partial charge in [-0.1, -0.05) is 40.7 Å². The van der Waals surface area contributed by atoms with Gasteiger partial charge in [-0.05, 0) is 36.2 Å². The molecule has 3 nitrogen and oxygen atoms in total. The molecule has 0 aliphatic rings. The molecule has 0 saturated carbocycles. The van der Waals surface area contributed by atoms with Crippen molar-refractivity contribution in [3.8, 4) is 0 Å². The van der Waals surface area contributed by atoms with E-state index >= 15 is 0 Å². The number of rotatable bonds is 4. The molecule has 1 aromatic carbocycles. The van der Waals surface area contributed by atoms with Crippen LogP contribution in [-0.2, 0) is 6.42 Å². The van der Waals surface area contributed by atoms with Crippen LogP contribution in [0.4, 0.5) is 0 Å². The molecule has 1 atom stereocenters. The molecule has 2 rings (SSSR count). The molecule has 6 heteroatoms. The summed E-state index contributed by atoms with van der Waals surface area (Å²) < 4.78 is 6.30. The van der Waals surface area contributed by atoms with Crippen molar-refractivity contribution in [2.45, 2.75) is 35.5 Å². The van der Waals surface area contributed by atoms with Gasteiger partial charge in [0.15, 0.2) is 4.34 Å². The number of benzene rings is 1.